The molecule has 12 nitrogen and oxygen atoms in total. The smallest absolute Gasteiger partial charge is 0.277 e. The van der Waals surface area contributed by atoms with Gasteiger partial charge in [0.2, 0.25) is 11.8 Å². The summed E-state index contributed by atoms with van der Waals surface area (Å²) in [5.74, 6) is -1.26. The van der Waals surface area contributed by atoms with Gasteiger partial charge in [0, 0.05) is 6.21 Å². The van der Waals surface area contributed by atoms with Gasteiger partial charge >= 0.3 is 23.1 Å². The largest absolute Gasteiger partial charge is 0.338 e. The number of anilines is 1. The number of amides is 4. The van der Waals surface area contributed by atoms with E-state index in [9.17, 15) is 28.8 Å². The van der Waals surface area contributed by atoms with Crippen molar-refractivity contribution in [3.05, 3.63) is 73.4 Å². The molecule has 0 saturated carbocycles. The van der Waals surface area contributed by atoms with Gasteiger partial charge in [-0.05, 0) is 29.8 Å². The van der Waals surface area contributed by atoms with Crippen molar-refractivity contribution in [2.24, 2.45) is 4.99 Å². The van der Waals surface area contributed by atoms with Crippen LogP contribution in [0.15, 0.2) is 55.8 Å². The fourth-order valence-corrected chi connectivity index (χ4v) is 3.66. The molecule has 0 spiro atoms. The first kappa shape index (κ1) is 19.9. The van der Waals surface area contributed by atoms with Gasteiger partial charge < -0.3 is 0 Å². The Labute approximate surface area is 175 Å². The summed E-state index contributed by atoms with van der Waals surface area (Å²) in [5, 5.41) is 2.91. The number of benzene rings is 1. The number of H-pyrrole nitrogens is 2. The van der Waals surface area contributed by atoms with Crippen LogP contribution < -0.4 is 27.3 Å². The van der Waals surface area contributed by atoms with E-state index in [-0.39, 0.29) is 5.69 Å². The molecule has 0 atom stereocenters. The zero-order chi connectivity index (χ0) is 22.1. The Hall–Kier alpha value is -4.39. The minimum absolute atomic E-state index is 0.252. The number of hydrogen-bond donors (Lipinski definition) is 3. The lowest BCUT2D eigenvalue weighted by Gasteiger charge is -2.22. The lowest BCUT2D eigenvalue weighted by molar-refractivity contribution is -0.128. The molecule has 1 aliphatic rings. The SMILES string of the molecule is O=C1CC(=O)N(c2ccc(N=Cc3ccc(-n4c(=O)[nH]c(=O)[nH]c4=O)cc3)s2)C(=O)N1. The fraction of sp³-hybridized carbons (Fsp3) is 0.0556. The van der Waals surface area contributed by atoms with E-state index < -0.39 is 41.3 Å². The maximum absolute atomic E-state index is 12.0. The summed E-state index contributed by atoms with van der Waals surface area (Å²) in [4.78, 5) is 79.0. The molecule has 31 heavy (non-hydrogen) atoms. The number of aliphatic imine (C=N–C) groups is 1. The zero-order valence-corrected chi connectivity index (χ0v) is 16.3. The van der Waals surface area contributed by atoms with Crippen LogP contribution in [0.3, 0.4) is 0 Å². The molecule has 1 saturated heterocycles. The zero-order valence-electron chi connectivity index (χ0n) is 15.4. The second-order valence-corrected chi connectivity index (χ2v) is 7.29. The van der Waals surface area contributed by atoms with Crippen molar-refractivity contribution >= 4 is 45.4 Å². The third-order valence-electron chi connectivity index (χ3n) is 4.15. The quantitative estimate of drug-likeness (QED) is 0.381. The van der Waals surface area contributed by atoms with E-state index in [0.717, 1.165) is 20.8 Å². The van der Waals surface area contributed by atoms with E-state index >= 15 is 0 Å². The van der Waals surface area contributed by atoms with E-state index in [2.05, 4.69) is 10.3 Å². The van der Waals surface area contributed by atoms with Crippen molar-refractivity contribution < 1.29 is 14.4 Å². The highest BCUT2D eigenvalue weighted by atomic mass is 32.1. The van der Waals surface area contributed by atoms with E-state index in [0.29, 0.717) is 15.6 Å². The second kappa shape index (κ2) is 7.79. The van der Waals surface area contributed by atoms with Crippen LogP contribution in [-0.4, -0.2) is 38.6 Å². The van der Waals surface area contributed by atoms with Gasteiger partial charge in [-0.25, -0.2) is 33.6 Å². The summed E-state index contributed by atoms with van der Waals surface area (Å²) in [6.07, 6.45) is 1.11. The van der Waals surface area contributed by atoms with E-state index in [1.54, 1.807) is 24.3 Å². The predicted molar refractivity (Wildman–Crippen MR) is 110 cm³/mol. The number of imide groups is 2. The highest BCUT2D eigenvalue weighted by molar-refractivity contribution is 7.20. The number of hydrogen-bond acceptors (Lipinski definition) is 8. The van der Waals surface area contributed by atoms with E-state index in [4.69, 9.17) is 0 Å². The van der Waals surface area contributed by atoms with Crippen LogP contribution in [0.4, 0.5) is 14.8 Å². The molecule has 1 aromatic carbocycles. The van der Waals surface area contributed by atoms with Gasteiger partial charge in [-0.15, -0.1) is 0 Å². The topological polar surface area (TPSA) is 167 Å². The molecule has 4 rings (SSSR count). The number of barbiturate groups is 1. The highest BCUT2D eigenvalue weighted by Gasteiger charge is 2.32. The second-order valence-electron chi connectivity index (χ2n) is 6.25. The Kier molecular flexibility index (Phi) is 5.00. The van der Waals surface area contributed by atoms with Crippen LogP contribution in [0.1, 0.15) is 12.0 Å². The number of carbonyl (C=O) groups is 3. The van der Waals surface area contributed by atoms with Gasteiger partial charge in [-0.3, -0.25) is 24.9 Å². The summed E-state index contributed by atoms with van der Waals surface area (Å²) in [7, 11) is 0. The van der Waals surface area contributed by atoms with Gasteiger partial charge in [0.15, 0.2) is 0 Å². The Morgan fingerprint density at radius 1 is 0.903 bits per heavy atom. The maximum Gasteiger partial charge on any atom is 0.338 e. The predicted octanol–water partition coefficient (Wildman–Crippen LogP) is -0.000900. The summed E-state index contributed by atoms with van der Waals surface area (Å²) in [6, 6.07) is 8.58. The van der Waals surface area contributed by atoms with Crippen molar-refractivity contribution in [3.8, 4) is 5.69 Å². The van der Waals surface area contributed by atoms with Crippen molar-refractivity contribution in [2.45, 2.75) is 6.42 Å². The molecule has 3 aromatic rings. The molecule has 13 heteroatoms. The summed E-state index contributed by atoms with van der Waals surface area (Å²) in [5.41, 5.74) is -1.72. The Morgan fingerprint density at radius 3 is 2.23 bits per heavy atom. The first-order chi connectivity index (χ1) is 14.8. The molecule has 0 bridgehead atoms. The fourth-order valence-electron chi connectivity index (χ4n) is 2.79. The molecule has 0 radical (unpaired) electrons. The molecule has 0 unspecified atom stereocenters. The normalized spacial score (nSPS) is 14.3. The van der Waals surface area contributed by atoms with Gasteiger partial charge in [0.05, 0.1) is 5.69 Å². The Balaban J connectivity index is 1.53. The summed E-state index contributed by atoms with van der Waals surface area (Å²) >= 11 is 1.08. The number of thiophene rings is 1. The van der Waals surface area contributed by atoms with Crippen LogP contribution in [0.5, 0.6) is 0 Å². The lowest BCUT2D eigenvalue weighted by atomic mass is 10.2. The lowest BCUT2D eigenvalue weighted by Crippen LogP contribution is -2.52. The number of carbonyl (C=O) groups excluding carboxylic acids is 3. The molecule has 4 amide bonds. The average Bonchev–Trinajstić information content (AvgIpc) is 3.14. The van der Waals surface area contributed by atoms with Crippen LogP contribution in [-0.2, 0) is 9.59 Å². The summed E-state index contributed by atoms with van der Waals surface area (Å²) in [6.45, 7) is 0. The number of aromatic nitrogens is 3. The molecule has 1 fully saturated rings. The van der Waals surface area contributed by atoms with Gasteiger partial charge in [0.1, 0.15) is 16.4 Å². The van der Waals surface area contributed by atoms with Crippen LogP contribution in [0.25, 0.3) is 5.69 Å². The van der Waals surface area contributed by atoms with E-state index in [1.807, 2.05) is 9.97 Å². The molecule has 3 heterocycles. The Morgan fingerprint density at radius 2 is 1.58 bits per heavy atom. The van der Waals surface area contributed by atoms with Crippen molar-refractivity contribution in [1.82, 2.24) is 19.9 Å². The van der Waals surface area contributed by atoms with E-state index in [1.165, 1.54) is 18.3 Å². The number of urea groups is 1. The highest BCUT2D eigenvalue weighted by Crippen LogP contribution is 2.33. The molecular formula is C18H12N6O6S. The Bertz CT molecular complexity index is 1360. The maximum atomic E-state index is 12.0. The molecule has 2 aromatic heterocycles. The number of nitrogens with zero attached hydrogens (tertiary/aromatic N) is 3. The van der Waals surface area contributed by atoms with Crippen molar-refractivity contribution in [3.63, 3.8) is 0 Å². The minimum atomic E-state index is -0.888. The van der Waals surface area contributed by atoms with Crippen LogP contribution in [0.2, 0.25) is 0 Å². The molecule has 1 aliphatic heterocycles. The standard InChI is InChI=1S/C18H12N6O6S/c25-11-7-13(26)24(16(28)20-11)14-6-5-12(31-14)19-8-9-1-3-10(4-2-9)23-17(29)21-15(27)22-18(23)30/h1-6,8H,7H2,(H,20,25,28)(H2,21,22,27,29,30). The average molecular weight is 440 g/mol. The molecular weight excluding hydrogens is 428 g/mol. The van der Waals surface area contributed by atoms with Gasteiger partial charge in [-0.2, -0.15) is 0 Å². The van der Waals surface area contributed by atoms with Crippen LogP contribution >= 0.6 is 11.3 Å². The third kappa shape index (κ3) is 4.02. The van der Waals surface area contributed by atoms with Crippen molar-refractivity contribution in [1.29, 1.82) is 0 Å². The van der Waals surface area contributed by atoms with Gasteiger partial charge in [0.25, 0.3) is 0 Å². The van der Waals surface area contributed by atoms with Crippen molar-refractivity contribution in [2.75, 3.05) is 4.90 Å². The molecule has 3 N–H and O–H groups in total. The number of nitrogens with one attached hydrogen (secondary N) is 3. The van der Waals surface area contributed by atoms with Gasteiger partial charge in [-0.1, -0.05) is 23.5 Å². The first-order valence-corrected chi connectivity index (χ1v) is 9.50. The first-order valence-electron chi connectivity index (χ1n) is 8.68. The number of rotatable bonds is 4. The summed E-state index contributed by atoms with van der Waals surface area (Å²) < 4.78 is 0.777. The van der Waals surface area contributed by atoms with Crippen LogP contribution in [0, 0.1) is 0 Å². The third-order valence-corrected chi connectivity index (χ3v) is 5.13. The molecule has 0 aliphatic carbocycles. The molecule has 156 valence electrons. The number of aromatic amines is 2. The monoisotopic (exact) mass is 440 g/mol. The minimum Gasteiger partial charge on any atom is -0.277 e.